The molecule has 0 radical (unpaired) electrons. The van der Waals surface area contributed by atoms with Crippen molar-refractivity contribution in [2.45, 2.75) is 13.0 Å². The van der Waals surface area contributed by atoms with Crippen molar-refractivity contribution in [3.63, 3.8) is 0 Å². The number of nitrogens with two attached hydrogens (primary N) is 1. The van der Waals surface area contributed by atoms with Gasteiger partial charge in [-0.15, -0.1) is 0 Å². The SMILES string of the molecule is CC(N)c1ccc(F)c(-c2ccc3ccccc3c2)c1. The van der Waals surface area contributed by atoms with Crippen LogP contribution in [0.1, 0.15) is 18.5 Å². The van der Waals surface area contributed by atoms with Gasteiger partial charge in [0.15, 0.2) is 0 Å². The first-order valence-corrected chi connectivity index (χ1v) is 6.69. The lowest BCUT2D eigenvalue weighted by atomic mass is 9.97. The Morgan fingerprint density at radius 1 is 0.900 bits per heavy atom. The summed E-state index contributed by atoms with van der Waals surface area (Å²) in [7, 11) is 0. The molecular weight excluding hydrogens is 249 g/mol. The topological polar surface area (TPSA) is 26.0 Å². The second-order valence-electron chi connectivity index (χ2n) is 5.09. The lowest BCUT2D eigenvalue weighted by Crippen LogP contribution is -2.05. The van der Waals surface area contributed by atoms with Crippen molar-refractivity contribution in [3.05, 3.63) is 72.0 Å². The van der Waals surface area contributed by atoms with Crippen LogP contribution >= 0.6 is 0 Å². The molecule has 0 aliphatic carbocycles. The van der Waals surface area contributed by atoms with Crippen molar-refractivity contribution < 1.29 is 4.39 Å². The van der Waals surface area contributed by atoms with Gasteiger partial charge in [-0.1, -0.05) is 42.5 Å². The van der Waals surface area contributed by atoms with Crippen molar-refractivity contribution in [2.24, 2.45) is 5.73 Å². The molecule has 0 amide bonds. The normalized spacial score (nSPS) is 12.6. The summed E-state index contributed by atoms with van der Waals surface area (Å²) in [6.45, 7) is 1.90. The summed E-state index contributed by atoms with van der Waals surface area (Å²) in [4.78, 5) is 0. The maximum Gasteiger partial charge on any atom is 0.131 e. The van der Waals surface area contributed by atoms with Gasteiger partial charge in [0.2, 0.25) is 0 Å². The third-order valence-corrected chi connectivity index (χ3v) is 3.58. The first kappa shape index (κ1) is 12.8. The lowest BCUT2D eigenvalue weighted by molar-refractivity contribution is 0.629. The Hall–Kier alpha value is -2.19. The van der Waals surface area contributed by atoms with E-state index in [1.165, 1.54) is 6.07 Å². The molecule has 0 aliphatic heterocycles. The van der Waals surface area contributed by atoms with Gasteiger partial charge < -0.3 is 5.73 Å². The zero-order valence-corrected chi connectivity index (χ0v) is 11.3. The Balaban J connectivity index is 2.17. The lowest BCUT2D eigenvalue weighted by Gasteiger charge is -2.10. The molecule has 20 heavy (non-hydrogen) atoms. The molecule has 1 nitrogen and oxygen atoms in total. The molecule has 0 saturated carbocycles. The minimum absolute atomic E-state index is 0.102. The Morgan fingerprint density at radius 3 is 2.40 bits per heavy atom. The van der Waals surface area contributed by atoms with Crippen molar-refractivity contribution in [2.75, 3.05) is 0 Å². The van der Waals surface area contributed by atoms with Gasteiger partial charge in [0.25, 0.3) is 0 Å². The van der Waals surface area contributed by atoms with Crippen LogP contribution in [0.3, 0.4) is 0 Å². The third-order valence-electron chi connectivity index (χ3n) is 3.58. The van der Waals surface area contributed by atoms with Gasteiger partial charge in [0.05, 0.1) is 0 Å². The number of hydrogen-bond acceptors (Lipinski definition) is 1. The summed E-state index contributed by atoms with van der Waals surface area (Å²) in [5, 5.41) is 2.26. The van der Waals surface area contributed by atoms with Crippen LogP contribution < -0.4 is 5.73 Å². The molecule has 2 N–H and O–H groups in total. The second-order valence-corrected chi connectivity index (χ2v) is 5.09. The molecule has 1 atom stereocenters. The highest BCUT2D eigenvalue weighted by Gasteiger charge is 2.09. The first-order valence-electron chi connectivity index (χ1n) is 6.69. The molecule has 100 valence electrons. The Kier molecular flexibility index (Phi) is 3.25. The molecule has 0 bridgehead atoms. The van der Waals surface area contributed by atoms with Crippen molar-refractivity contribution in [1.82, 2.24) is 0 Å². The predicted octanol–water partition coefficient (Wildman–Crippen LogP) is 4.67. The molecule has 0 saturated heterocycles. The van der Waals surface area contributed by atoms with Crippen LogP contribution in [0.5, 0.6) is 0 Å². The summed E-state index contributed by atoms with van der Waals surface area (Å²) < 4.78 is 14.1. The molecule has 3 aromatic rings. The van der Waals surface area contributed by atoms with E-state index in [1.54, 1.807) is 6.07 Å². The highest BCUT2D eigenvalue weighted by molar-refractivity contribution is 5.87. The quantitative estimate of drug-likeness (QED) is 0.716. The standard InChI is InChI=1S/C18H16FN/c1-12(20)14-8-9-18(19)17(11-14)16-7-6-13-4-2-3-5-15(13)10-16/h2-12H,20H2,1H3. The maximum absolute atomic E-state index is 14.1. The van der Waals surface area contributed by atoms with E-state index in [2.05, 4.69) is 0 Å². The van der Waals surface area contributed by atoms with Crippen molar-refractivity contribution >= 4 is 10.8 Å². The molecule has 2 heteroatoms. The minimum Gasteiger partial charge on any atom is -0.324 e. The third kappa shape index (κ3) is 2.30. The smallest absolute Gasteiger partial charge is 0.131 e. The highest BCUT2D eigenvalue weighted by atomic mass is 19.1. The highest BCUT2D eigenvalue weighted by Crippen LogP contribution is 2.28. The van der Waals surface area contributed by atoms with E-state index >= 15 is 0 Å². The van der Waals surface area contributed by atoms with Crippen LogP contribution in [0.2, 0.25) is 0 Å². The van der Waals surface area contributed by atoms with Crippen LogP contribution in [0.15, 0.2) is 60.7 Å². The number of halogens is 1. The zero-order valence-electron chi connectivity index (χ0n) is 11.3. The largest absolute Gasteiger partial charge is 0.324 e. The zero-order chi connectivity index (χ0) is 14.1. The van der Waals surface area contributed by atoms with Gasteiger partial charge in [-0.05, 0) is 47.0 Å². The fourth-order valence-electron chi connectivity index (χ4n) is 2.40. The van der Waals surface area contributed by atoms with Gasteiger partial charge in [0.1, 0.15) is 5.82 Å². The van der Waals surface area contributed by atoms with Crippen molar-refractivity contribution in [1.29, 1.82) is 0 Å². The molecule has 0 aliphatic rings. The fourth-order valence-corrected chi connectivity index (χ4v) is 2.40. The molecule has 1 unspecified atom stereocenters. The number of fused-ring (bicyclic) bond motifs is 1. The van der Waals surface area contributed by atoms with E-state index in [9.17, 15) is 4.39 Å². The molecular formula is C18H16FN. The van der Waals surface area contributed by atoms with E-state index in [-0.39, 0.29) is 11.9 Å². The number of hydrogen-bond donors (Lipinski definition) is 1. The number of rotatable bonds is 2. The Labute approximate surface area is 117 Å². The van der Waals surface area contributed by atoms with E-state index in [1.807, 2.05) is 55.5 Å². The average Bonchev–Trinajstić information content (AvgIpc) is 2.47. The van der Waals surface area contributed by atoms with Gasteiger partial charge in [0, 0.05) is 11.6 Å². The fraction of sp³-hybridized carbons (Fsp3) is 0.111. The van der Waals surface area contributed by atoms with Crippen LogP contribution in [0, 0.1) is 5.82 Å². The van der Waals surface area contributed by atoms with E-state index < -0.39 is 0 Å². The van der Waals surface area contributed by atoms with Gasteiger partial charge in [-0.2, -0.15) is 0 Å². The molecule has 3 rings (SSSR count). The monoisotopic (exact) mass is 265 g/mol. The summed E-state index contributed by atoms with van der Waals surface area (Å²) in [6, 6.07) is 19.0. The molecule has 0 aromatic heterocycles. The summed E-state index contributed by atoms with van der Waals surface area (Å²) >= 11 is 0. The van der Waals surface area contributed by atoms with Crippen molar-refractivity contribution in [3.8, 4) is 11.1 Å². The summed E-state index contributed by atoms with van der Waals surface area (Å²) in [5.41, 5.74) is 8.30. The molecule has 0 heterocycles. The van der Waals surface area contributed by atoms with Gasteiger partial charge in [-0.25, -0.2) is 4.39 Å². The molecule has 3 aromatic carbocycles. The van der Waals surface area contributed by atoms with E-state index in [0.29, 0.717) is 5.56 Å². The van der Waals surface area contributed by atoms with E-state index in [0.717, 1.165) is 21.9 Å². The van der Waals surface area contributed by atoms with E-state index in [4.69, 9.17) is 5.73 Å². The minimum atomic E-state index is -0.218. The number of benzene rings is 3. The predicted molar refractivity (Wildman–Crippen MR) is 81.9 cm³/mol. The van der Waals surface area contributed by atoms with Crippen LogP contribution in [-0.4, -0.2) is 0 Å². The summed E-state index contributed by atoms with van der Waals surface area (Å²) in [6.07, 6.45) is 0. The van der Waals surface area contributed by atoms with Crippen LogP contribution in [-0.2, 0) is 0 Å². The maximum atomic E-state index is 14.1. The second kappa shape index (κ2) is 5.06. The summed E-state index contributed by atoms with van der Waals surface area (Å²) in [5.74, 6) is -0.218. The van der Waals surface area contributed by atoms with Crippen LogP contribution in [0.25, 0.3) is 21.9 Å². The van der Waals surface area contributed by atoms with Crippen LogP contribution in [0.4, 0.5) is 4.39 Å². The molecule has 0 spiro atoms. The van der Waals surface area contributed by atoms with Gasteiger partial charge >= 0.3 is 0 Å². The average molecular weight is 265 g/mol. The Morgan fingerprint density at radius 2 is 1.65 bits per heavy atom. The van der Waals surface area contributed by atoms with Gasteiger partial charge in [-0.3, -0.25) is 0 Å². The first-order chi connectivity index (χ1) is 9.65. The Bertz CT molecular complexity index is 762. The molecule has 0 fully saturated rings.